The number of nitrogens with one attached hydrogen (secondary N) is 1. The Balaban J connectivity index is 2.86. The molecule has 3 nitrogen and oxygen atoms in total. The lowest BCUT2D eigenvalue weighted by Crippen LogP contribution is -2.48. The van der Waals surface area contributed by atoms with E-state index < -0.39 is 5.54 Å². The molecule has 1 unspecified atom stereocenters. The van der Waals surface area contributed by atoms with Gasteiger partial charge in [-0.1, -0.05) is 6.92 Å². The van der Waals surface area contributed by atoms with Crippen LogP contribution in [0.2, 0.25) is 0 Å². The van der Waals surface area contributed by atoms with Crippen molar-refractivity contribution in [2.45, 2.75) is 32.7 Å². The fourth-order valence-electron chi connectivity index (χ4n) is 1.37. The summed E-state index contributed by atoms with van der Waals surface area (Å²) in [7, 11) is 0. The lowest BCUT2D eigenvalue weighted by Gasteiger charge is -2.27. The third-order valence-corrected chi connectivity index (χ3v) is 2.96. The predicted octanol–water partition coefficient (Wildman–Crippen LogP) is 2.02. The second-order valence-electron chi connectivity index (χ2n) is 4.49. The van der Waals surface area contributed by atoms with Gasteiger partial charge in [-0.2, -0.15) is 0 Å². The second-order valence-corrected chi connectivity index (χ2v) is 4.49. The van der Waals surface area contributed by atoms with Crippen molar-refractivity contribution in [2.24, 2.45) is 0 Å². The van der Waals surface area contributed by atoms with Gasteiger partial charge in [0.2, 0.25) is 0 Å². The van der Waals surface area contributed by atoms with Crippen LogP contribution in [0.5, 0.6) is 0 Å². The van der Waals surface area contributed by atoms with Gasteiger partial charge in [-0.05, 0) is 44.0 Å². The van der Waals surface area contributed by atoms with Gasteiger partial charge in [-0.3, -0.25) is 4.79 Å². The summed E-state index contributed by atoms with van der Waals surface area (Å²) >= 11 is 0. The van der Waals surface area contributed by atoms with E-state index in [0.717, 1.165) is 0 Å². The summed E-state index contributed by atoms with van der Waals surface area (Å²) in [6.45, 7) is 5.13. The number of amides is 1. The first-order valence-corrected chi connectivity index (χ1v) is 5.61. The molecule has 4 heteroatoms. The van der Waals surface area contributed by atoms with Gasteiger partial charge in [0.05, 0.1) is 12.1 Å². The molecular formula is C13H18FNO2. The molecule has 1 rings (SSSR count). The minimum atomic E-state index is -0.640. The lowest BCUT2D eigenvalue weighted by atomic mass is 9.99. The Labute approximate surface area is 101 Å². The topological polar surface area (TPSA) is 49.3 Å². The Morgan fingerprint density at radius 3 is 2.65 bits per heavy atom. The molecule has 0 heterocycles. The van der Waals surface area contributed by atoms with Gasteiger partial charge in [0.15, 0.2) is 0 Å². The number of halogens is 1. The monoisotopic (exact) mass is 239 g/mol. The molecule has 1 atom stereocenters. The Bertz CT molecular complexity index is 414. The number of hydrogen-bond acceptors (Lipinski definition) is 2. The van der Waals surface area contributed by atoms with Crippen molar-refractivity contribution in [3.63, 3.8) is 0 Å². The lowest BCUT2D eigenvalue weighted by molar-refractivity contribution is 0.0847. The molecule has 0 saturated heterocycles. The van der Waals surface area contributed by atoms with Crippen LogP contribution in [0.1, 0.15) is 36.2 Å². The van der Waals surface area contributed by atoms with Crippen molar-refractivity contribution in [2.75, 3.05) is 6.61 Å². The fourth-order valence-corrected chi connectivity index (χ4v) is 1.37. The highest BCUT2D eigenvalue weighted by atomic mass is 19.1. The number of aliphatic hydroxyl groups excluding tert-OH is 1. The van der Waals surface area contributed by atoms with Crippen molar-refractivity contribution in [1.82, 2.24) is 5.32 Å². The van der Waals surface area contributed by atoms with Gasteiger partial charge < -0.3 is 10.4 Å². The van der Waals surface area contributed by atoms with E-state index in [2.05, 4.69) is 5.32 Å². The van der Waals surface area contributed by atoms with E-state index in [9.17, 15) is 14.3 Å². The number of rotatable bonds is 4. The highest BCUT2D eigenvalue weighted by Gasteiger charge is 2.23. The number of carbonyl (C=O) groups excluding carboxylic acids is 1. The van der Waals surface area contributed by atoms with E-state index in [1.165, 1.54) is 18.2 Å². The highest BCUT2D eigenvalue weighted by molar-refractivity contribution is 5.94. The van der Waals surface area contributed by atoms with Gasteiger partial charge >= 0.3 is 0 Å². The number of benzene rings is 1. The number of aryl methyl sites for hydroxylation is 1. The third kappa shape index (κ3) is 3.27. The average Bonchev–Trinajstić information content (AvgIpc) is 2.32. The maximum atomic E-state index is 13.1. The summed E-state index contributed by atoms with van der Waals surface area (Å²) in [5, 5.41) is 11.9. The van der Waals surface area contributed by atoms with E-state index in [-0.39, 0.29) is 18.3 Å². The SMILES string of the molecule is CCC(C)(CO)NC(=O)c1ccc(F)c(C)c1. The van der Waals surface area contributed by atoms with Gasteiger partial charge in [0, 0.05) is 5.56 Å². The largest absolute Gasteiger partial charge is 0.394 e. The molecule has 0 fully saturated rings. The predicted molar refractivity (Wildman–Crippen MR) is 64.4 cm³/mol. The molecule has 0 radical (unpaired) electrons. The maximum Gasteiger partial charge on any atom is 0.251 e. The number of hydrogen-bond donors (Lipinski definition) is 2. The molecule has 1 amide bonds. The Hall–Kier alpha value is -1.42. The van der Waals surface area contributed by atoms with E-state index in [1.54, 1.807) is 13.8 Å². The molecule has 0 aromatic heterocycles. The zero-order valence-electron chi connectivity index (χ0n) is 10.4. The zero-order valence-corrected chi connectivity index (χ0v) is 10.4. The number of aliphatic hydroxyl groups is 1. The first-order valence-electron chi connectivity index (χ1n) is 5.61. The summed E-state index contributed by atoms with van der Waals surface area (Å²) < 4.78 is 13.1. The Morgan fingerprint density at radius 2 is 2.18 bits per heavy atom. The van der Waals surface area contributed by atoms with Crippen LogP contribution in [0.15, 0.2) is 18.2 Å². The molecule has 0 aliphatic heterocycles. The van der Waals surface area contributed by atoms with Gasteiger partial charge in [0.25, 0.3) is 5.91 Å². The molecule has 1 aromatic rings. The van der Waals surface area contributed by atoms with Gasteiger partial charge in [-0.15, -0.1) is 0 Å². The standard InChI is InChI=1S/C13H18FNO2/c1-4-13(3,8-16)15-12(17)10-5-6-11(14)9(2)7-10/h5-7,16H,4,8H2,1-3H3,(H,15,17). The molecule has 0 bridgehead atoms. The molecule has 17 heavy (non-hydrogen) atoms. The minimum absolute atomic E-state index is 0.130. The number of carbonyl (C=O) groups is 1. The zero-order chi connectivity index (χ0) is 13.1. The minimum Gasteiger partial charge on any atom is -0.394 e. The smallest absolute Gasteiger partial charge is 0.251 e. The summed E-state index contributed by atoms with van der Waals surface area (Å²) in [6.07, 6.45) is 0.620. The van der Waals surface area contributed by atoms with E-state index >= 15 is 0 Å². The van der Waals surface area contributed by atoms with Gasteiger partial charge in [-0.25, -0.2) is 4.39 Å². The van der Waals surface area contributed by atoms with Crippen LogP contribution in [-0.2, 0) is 0 Å². The van der Waals surface area contributed by atoms with Gasteiger partial charge in [0.1, 0.15) is 5.82 Å². The molecule has 2 N–H and O–H groups in total. The van der Waals surface area contributed by atoms with Crippen molar-refractivity contribution >= 4 is 5.91 Å². The van der Waals surface area contributed by atoms with Crippen LogP contribution < -0.4 is 5.32 Å². The molecule has 0 aliphatic carbocycles. The normalized spacial score (nSPS) is 14.2. The second kappa shape index (κ2) is 5.27. The van der Waals surface area contributed by atoms with Crippen molar-refractivity contribution < 1.29 is 14.3 Å². The van der Waals surface area contributed by atoms with Crippen molar-refractivity contribution in [3.8, 4) is 0 Å². The van der Waals surface area contributed by atoms with Crippen LogP contribution in [0.25, 0.3) is 0 Å². The molecule has 1 aromatic carbocycles. The van der Waals surface area contributed by atoms with Crippen LogP contribution >= 0.6 is 0 Å². The highest BCUT2D eigenvalue weighted by Crippen LogP contribution is 2.12. The summed E-state index contributed by atoms with van der Waals surface area (Å²) in [5.74, 6) is -0.631. The van der Waals surface area contributed by atoms with Crippen LogP contribution in [0.3, 0.4) is 0 Å². The summed E-state index contributed by atoms with van der Waals surface area (Å²) in [6, 6.07) is 4.20. The van der Waals surface area contributed by atoms with E-state index in [4.69, 9.17) is 0 Å². The van der Waals surface area contributed by atoms with E-state index in [0.29, 0.717) is 17.5 Å². The molecule has 0 saturated carbocycles. The summed E-state index contributed by atoms with van der Waals surface area (Å²) in [4.78, 5) is 11.9. The maximum absolute atomic E-state index is 13.1. The van der Waals surface area contributed by atoms with Crippen molar-refractivity contribution in [1.29, 1.82) is 0 Å². The Morgan fingerprint density at radius 1 is 1.53 bits per heavy atom. The first kappa shape index (κ1) is 13.6. The average molecular weight is 239 g/mol. The van der Waals surface area contributed by atoms with E-state index in [1.807, 2.05) is 6.92 Å². The quantitative estimate of drug-likeness (QED) is 0.844. The first-order chi connectivity index (χ1) is 7.91. The molecular weight excluding hydrogens is 221 g/mol. The van der Waals surface area contributed by atoms with Crippen molar-refractivity contribution in [3.05, 3.63) is 35.1 Å². The van der Waals surface area contributed by atoms with Crippen LogP contribution in [-0.4, -0.2) is 23.2 Å². The molecule has 0 spiro atoms. The molecule has 0 aliphatic rings. The third-order valence-electron chi connectivity index (χ3n) is 2.96. The molecule has 94 valence electrons. The summed E-state index contributed by atoms with van der Waals surface area (Å²) in [5.41, 5.74) is 0.191. The fraction of sp³-hybridized carbons (Fsp3) is 0.462. The van der Waals surface area contributed by atoms with Crippen LogP contribution in [0.4, 0.5) is 4.39 Å². The van der Waals surface area contributed by atoms with Crippen LogP contribution in [0, 0.1) is 12.7 Å². The Kier molecular flexibility index (Phi) is 4.23.